The van der Waals surface area contributed by atoms with Gasteiger partial charge in [-0.15, -0.1) is 6.58 Å². The van der Waals surface area contributed by atoms with Gasteiger partial charge >= 0.3 is 0 Å². The second-order valence-corrected chi connectivity index (χ2v) is 5.67. The third-order valence-electron chi connectivity index (χ3n) is 4.67. The van der Waals surface area contributed by atoms with Gasteiger partial charge in [0.05, 0.1) is 24.2 Å². The molecule has 1 aliphatic rings. The molecule has 0 saturated carbocycles. The molecule has 3 nitrogen and oxygen atoms in total. The van der Waals surface area contributed by atoms with Crippen LogP contribution in [0.5, 0.6) is 0 Å². The minimum Gasteiger partial charge on any atom is -0.369 e. The molecule has 1 aliphatic heterocycles. The Hall–Kier alpha value is -2.88. The highest BCUT2D eigenvalue weighted by atomic mass is 16.5. The Bertz CT molecular complexity index is 772. The van der Waals surface area contributed by atoms with E-state index in [4.69, 9.17) is 4.74 Å². The predicted molar refractivity (Wildman–Crippen MR) is 87.1 cm³/mol. The summed E-state index contributed by atoms with van der Waals surface area (Å²) in [6, 6.07) is 23.5. The van der Waals surface area contributed by atoms with Crippen LogP contribution in [0.4, 0.5) is 0 Å². The van der Waals surface area contributed by atoms with Gasteiger partial charge in [-0.2, -0.15) is 10.5 Å². The van der Waals surface area contributed by atoms with Crippen LogP contribution >= 0.6 is 0 Å². The monoisotopic (exact) mass is 300 g/mol. The van der Waals surface area contributed by atoms with Crippen LogP contribution in [0.3, 0.4) is 0 Å². The maximum Gasteiger partial charge on any atom is 0.188 e. The summed E-state index contributed by atoms with van der Waals surface area (Å²) in [7, 11) is 0. The van der Waals surface area contributed by atoms with E-state index in [9.17, 15) is 10.5 Å². The van der Waals surface area contributed by atoms with Gasteiger partial charge < -0.3 is 4.74 Å². The molecule has 2 aromatic carbocycles. The fraction of sp³-hybridized carbons (Fsp3) is 0.200. The highest BCUT2D eigenvalue weighted by molar-refractivity contribution is 5.47. The molecule has 3 heteroatoms. The molecule has 0 bridgehead atoms. The molecule has 112 valence electrons. The van der Waals surface area contributed by atoms with Crippen LogP contribution in [0.15, 0.2) is 73.3 Å². The van der Waals surface area contributed by atoms with E-state index >= 15 is 0 Å². The first-order chi connectivity index (χ1) is 11.2. The van der Waals surface area contributed by atoms with Crippen molar-refractivity contribution in [3.8, 4) is 12.1 Å². The standard InChI is InChI=1S/C20H16N2O/c1-2-19(17-11-7-4-8-12-17)15-23-18(20(19,13-21)14-22)16-9-5-3-6-10-16/h2-12,18H,1,15H2/t18-,19+/m1/s1. The van der Waals surface area contributed by atoms with Crippen molar-refractivity contribution < 1.29 is 4.74 Å². The maximum absolute atomic E-state index is 9.98. The molecule has 1 heterocycles. The number of nitrogens with zero attached hydrogens (tertiary/aromatic N) is 2. The summed E-state index contributed by atoms with van der Waals surface area (Å²) in [5.74, 6) is 0. The maximum atomic E-state index is 9.98. The fourth-order valence-corrected chi connectivity index (χ4v) is 3.39. The first-order valence-corrected chi connectivity index (χ1v) is 7.42. The summed E-state index contributed by atoms with van der Waals surface area (Å²) in [6.45, 7) is 4.18. The third-order valence-corrected chi connectivity index (χ3v) is 4.67. The molecule has 23 heavy (non-hydrogen) atoms. The summed E-state index contributed by atoms with van der Waals surface area (Å²) in [4.78, 5) is 0. The van der Waals surface area contributed by atoms with Crippen molar-refractivity contribution in [2.75, 3.05) is 6.61 Å². The number of ether oxygens (including phenoxy) is 1. The summed E-state index contributed by atoms with van der Waals surface area (Å²) in [6.07, 6.45) is 1.08. The smallest absolute Gasteiger partial charge is 0.188 e. The second kappa shape index (κ2) is 5.72. The number of hydrogen-bond donors (Lipinski definition) is 0. The van der Waals surface area contributed by atoms with E-state index in [2.05, 4.69) is 18.7 Å². The van der Waals surface area contributed by atoms with Crippen LogP contribution in [0, 0.1) is 28.1 Å². The molecule has 2 atom stereocenters. The van der Waals surface area contributed by atoms with Crippen LogP contribution in [0.2, 0.25) is 0 Å². The first kappa shape index (κ1) is 15.0. The van der Waals surface area contributed by atoms with Crippen molar-refractivity contribution in [3.63, 3.8) is 0 Å². The molecular weight excluding hydrogens is 284 g/mol. The van der Waals surface area contributed by atoms with Crippen LogP contribution in [-0.2, 0) is 10.2 Å². The third kappa shape index (κ3) is 1.99. The average molecular weight is 300 g/mol. The molecule has 0 aliphatic carbocycles. The van der Waals surface area contributed by atoms with E-state index in [-0.39, 0.29) is 6.61 Å². The molecule has 1 fully saturated rings. The zero-order chi connectivity index (χ0) is 16.3. The van der Waals surface area contributed by atoms with Crippen LogP contribution in [0.1, 0.15) is 17.2 Å². The molecular formula is C20H16N2O. The molecule has 0 spiro atoms. The average Bonchev–Trinajstić information content (AvgIpc) is 2.98. The number of rotatable bonds is 3. The lowest BCUT2D eigenvalue weighted by molar-refractivity contribution is 0.0862. The van der Waals surface area contributed by atoms with Gasteiger partial charge in [-0.1, -0.05) is 66.7 Å². The number of nitriles is 2. The van der Waals surface area contributed by atoms with E-state index in [1.807, 2.05) is 60.7 Å². The Labute approximate surface area is 136 Å². The van der Waals surface area contributed by atoms with Gasteiger partial charge in [-0.3, -0.25) is 0 Å². The Morgan fingerprint density at radius 1 is 1.00 bits per heavy atom. The van der Waals surface area contributed by atoms with Gasteiger partial charge in [0, 0.05) is 0 Å². The highest BCUT2D eigenvalue weighted by Gasteiger charge is 2.63. The van der Waals surface area contributed by atoms with Gasteiger partial charge in [-0.25, -0.2) is 0 Å². The van der Waals surface area contributed by atoms with Crippen LogP contribution < -0.4 is 0 Å². The molecule has 0 unspecified atom stereocenters. The number of hydrogen-bond acceptors (Lipinski definition) is 3. The Balaban J connectivity index is 2.22. The lowest BCUT2D eigenvalue weighted by Gasteiger charge is -2.35. The molecule has 2 aromatic rings. The lowest BCUT2D eigenvalue weighted by Crippen LogP contribution is -2.42. The minimum absolute atomic E-state index is 0.251. The van der Waals surface area contributed by atoms with Crippen molar-refractivity contribution >= 4 is 0 Å². The summed E-state index contributed by atoms with van der Waals surface area (Å²) in [5.41, 5.74) is -0.526. The van der Waals surface area contributed by atoms with Crippen LogP contribution in [0.25, 0.3) is 0 Å². The van der Waals surface area contributed by atoms with Crippen molar-refractivity contribution in [1.82, 2.24) is 0 Å². The summed E-state index contributed by atoms with van der Waals surface area (Å²) in [5, 5.41) is 20.0. The molecule has 0 amide bonds. The number of benzene rings is 2. The van der Waals surface area contributed by atoms with E-state index in [1.54, 1.807) is 6.08 Å². The fourth-order valence-electron chi connectivity index (χ4n) is 3.39. The normalized spacial score (nSPS) is 25.2. The zero-order valence-corrected chi connectivity index (χ0v) is 12.6. The second-order valence-electron chi connectivity index (χ2n) is 5.67. The first-order valence-electron chi connectivity index (χ1n) is 7.42. The van der Waals surface area contributed by atoms with Gasteiger partial charge in [0.2, 0.25) is 0 Å². The van der Waals surface area contributed by atoms with Crippen LogP contribution in [-0.4, -0.2) is 6.61 Å². The van der Waals surface area contributed by atoms with E-state index < -0.39 is 16.9 Å². The Morgan fingerprint density at radius 3 is 2.09 bits per heavy atom. The molecule has 0 radical (unpaired) electrons. The Kier molecular flexibility index (Phi) is 3.74. The quantitative estimate of drug-likeness (QED) is 0.807. The highest BCUT2D eigenvalue weighted by Crippen LogP contribution is 2.57. The van der Waals surface area contributed by atoms with Gasteiger partial charge in [0.1, 0.15) is 6.10 Å². The largest absolute Gasteiger partial charge is 0.369 e. The summed E-state index contributed by atoms with van der Waals surface area (Å²) < 4.78 is 5.98. The van der Waals surface area contributed by atoms with Crippen molar-refractivity contribution in [3.05, 3.63) is 84.4 Å². The zero-order valence-electron chi connectivity index (χ0n) is 12.6. The minimum atomic E-state index is -1.36. The predicted octanol–water partition coefficient (Wildman–Crippen LogP) is 3.92. The molecule has 0 aromatic heterocycles. The lowest BCUT2D eigenvalue weighted by atomic mass is 9.60. The molecule has 0 N–H and O–H groups in total. The summed E-state index contributed by atoms with van der Waals surface area (Å²) >= 11 is 0. The van der Waals surface area contributed by atoms with Crippen molar-refractivity contribution in [2.45, 2.75) is 11.5 Å². The van der Waals surface area contributed by atoms with E-state index in [1.165, 1.54) is 0 Å². The topological polar surface area (TPSA) is 56.8 Å². The molecule has 3 rings (SSSR count). The van der Waals surface area contributed by atoms with E-state index in [0.29, 0.717) is 0 Å². The molecule has 1 saturated heterocycles. The van der Waals surface area contributed by atoms with Gasteiger partial charge in [0.25, 0.3) is 0 Å². The SMILES string of the molecule is C=C[C@@]1(c2ccccc2)CO[C@H](c2ccccc2)C1(C#N)C#N. The Morgan fingerprint density at radius 2 is 1.57 bits per heavy atom. The van der Waals surface area contributed by atoms with Gasteiger partial charge in [-0.05, 0) is 11.1 Å². The van der Waals surface area contributed by atoms with Crippen molar-refractivity contribution in [2.24, 2.45) is 5.41 Å². The van der Waals surface area contributed by atoms with Crippen molar-refractivity contribution in [1.29, 1.82) is 10.5 Å². The van der Waals surface area contributed by atoms with Gasteiger partial charge in [0.15, 0.2) is 5.41 Å². The van der Waals surface area contributed by atoms with E-state index in [0.717, 1.165) is 11.1 Å².